The topological polar surface area (TPSA) is 49.4 Å². The van der Waals surface area contributed by atoms with Crippen molar-refractivity contribution in [1.29, 1.82) is 0 Å². The molecule has 6 heteroatoms. The summed E-state index contributed by atoms with van der Waals surface area (Å²) in [4.78, 5) is 25.1. The van der Waals surface area contributed by atoms with Gasteiger partial charge < -0.3 is 10.2 Å². The van der Waals surface area contributed by atoms with Crippen molar-refractivity contribution in [3.8, 4) is 0 Å². The zero-order valence-corrected chi connectivity index (χ0v) is 11.4. The minimum Gasteiger partial charge on any atom is -0.341 e. The normalized spacial score (nSPS) is 18.4. The number of piperazine rings is 1. The fourth-order valence-electron chi connectivity index (χ4n) is 2.09. The highest BCUT2D eigenvalue weighted by Gasteiger charge is 2.39. The van der Waals surface area contributed by atoms with Gasteiger partial charge in [0.25, 0.3) is 0 Å². The lowest BCUT2D eigenvalue weighted by Gasteiger charge is -2.37. The number of amides is 2. The van der Waals surface area contributed by atoms with E-state index in [-0.39, 0.29) is 29.9 Å². The molecule has 0 atom stereocenters. The third-order valence-electron chi connectivity index (χ3n) is 3.00. The monoisotopic (exact) mass is 284 g/mol. The lowest BCUT2D eigenvalue weighted by molar-refractivity contribution is -0.148. The highest BCUT2D eigenvalue weighted by Crippen LogP contribution is 2.23. The number of nitrogens with zero attached hydrogens (tertiary/aromatic N) is 1. The van der Waals surface area contributed by atoms with Crippen LogP contribution in [0.3, 0.4) is 0 Å². The number of hydrogen-bond donors (Lipinski definition) is 1. The van der Waals surface area contributed by atoms with Gasteiger partial charge in [-0.25, -0.2) is 4.39 Å². The number of benzene rings is 1. The van der Waals surface area contributed by atoms with Crippen LogP contribution in [-0.4, -0.2) is 28.8 Å². The van der Waals surface area contributed by atoms with E-state index in [1.807, 2.05) is 0 Å². The minimum atomic E-state index is -0.949. The maximum Gasteiger partial charge on any atom is 0.248 e. The Labute approximate surface area is 115 Å². The predicted molar refractivity (Wildman–Crippen MR) is 69.0 cm³/mol. The lowest BCUT2D eigenvalue weighted by atomic mass is 10.00. The summed E-state index contributed by atoms with van der Waals surface area (Å²) in [7, 11) is 0. The molecule has 1 aliphatic heterocycles. The van der Waals surface area contributed by atoms with E-state index >= 15 is 0 Å². The minimum absolute atomic E-state index is 0.0147. The quantitative estimate of drug-likeness (QED) is 0.899. The van der Waals surface area contributed by atoms with Gasteiger partial charge in [0.05, 0.1) is 11.6 Å². The summed E-state index contributed by atoms with van der Waals surface area (Å²) in [5.41, 5.74) is -0.463. The van der Waals surface area contributed by atoms with Crippen LogP contribution in [0.4, 0.5) is 4.39 Å². The molecule has 0 aliphatic carbocycles. The summed E-state index contributed by atoms with van der Waals surface area (Å²) < 4.78 is 13.3. The Morgan fingerprint density at radius 1 is 1.42 bits per heavy atom. The Morgan fingerprint density at radius 3 is 2.79 bits per heavy atom. The molecule has 2 rings (SSSR count). The standard InChI is InChI=1S/C13H14ClFN2O2/c1-13(2)12(19)17(7-10(18)16-13)6-8-4-3-5-9(15)11(8)14/h3-5H,6-7H2,1-2H3,(H,16,18). The Hall–Kier alpha value is -1.62. The Kier molecular flexibility index (Phi) is 3.49. The third-order valence-corrected chi connectivity index (χ3v) is 3.42. The number of carbonyl (C=O) groups is 2. The summed E-state index contributed by atoms with van der Waals surface area (Å²) in [6.07, 6.45) is 0. The average molecular weight is 285 g/mol. The maximum absolute atomic E-state index is 13.3. The van der Waals surface area contributed by atoms with Gasteiger partial charge in [-0.15, -0.1) is 0 Å². The van der Waals surface area contributed by atoms with E-state index in [1.165, 1.54) is 17.0 Å². The second-order valence-electron chi connectivity index (χ2n) is 5.05. The number of nitrogens with one attached hydrogen (secondary N) is 1. The first kappa shape index (κ1) is 13.8. The molecule has 1 fully saturated rings. The zero-order chi connectivity index (χ0) is 14.2. The molecule has 102 valence electrons. The molecule has 0 aromatic heterocycles. The van der Waals surface area contributed by atoms with E-state index in [2.05, 4.69) is 5.32 Å². The predicted octanol–water partition coefficient (Wildman–Crippen LogP) is 1.72. The van der Waals surface area contributed by atoms with E-state index in [0.717, 1.165) is 0 Å². The first-order chi connectivity index (χ1) is 8.81. The van der Waals surface area contributed by atoms with Gasteiger partial charge in [-0.2, -0.15) is 0 Å². The Morgan fingerprint density at radius 2 is 2.11 bits per heavy atom. The molecule has 4 nitrogen and oxygen atoms in total. The van der Waals surface area contributed by atoms with Crippen LogP contribution in [0.25, 0.3) is 0 Å². The Bertz CT molecular complexity index is 545. The third kappa shape index (κ3) is 2.71. The van der Waals surface area contributed by atoms with E-state index in [1.54, 1.807) is 19.9 Å². The summed E-state index contributed by atoms with van der Waals surface area (Å²) in [6.45, 7) is 3.33. The van der Waals surface area contributed by atoms with E-state index in [9.17, 15) is 14.0 Å². The van der Waals surface area contributed by atoms with Crippen LogP contribution < -0.4 is 5.32 Å². The van der Waals surface area contributed by atoms with Gasteiger partial charge in [0.15, 0.2) is 0 Å². The van der Waals surface area contributed by atoms with E-state index < -0.39 is 11.4 Å². The van der Waals surface area contributed by atoms with Crippen molar-refractivity contribution in [2.45, 2.75) is 25.9 Å². The van der Waals surface area contributed by atoms with Gasteiger partial charge in [-0.1, -0.05) is 23.7 Å². The van der Waals surface area contributed by atoms with Crippen LogP contribution in [0.1, 0.15) is 19.4 Å². The highest BCUT2D eigenvalue weighted by atomic mass is 35.5. The van der Waals surface area contributed by atoms with Crippen molar-refractivity contribution >= 4 is 23.4 Å². The van der Waals surface area contributed by atoms with Crippen molar-refractivity contribution < 1.29 is 14.0 Å². The molecule has 0 unspecified atom stereocenters. The molecule has 1 aromatic rings. The molecule has 0 bridgehead atoms. The molecule has 1 aromatic carbocycles. The van der Waals surface area contributed by atoms with Crippen molar-refractivity contribution in [1.82, 2.24) is 10.2 Å². The largest absolute Gasteiger partial charge is 0.341 e. The smallest absolute Gasteiger partial charge is 0.248 e. The van der Waals surface area contributed by atoms with Crippen molar-refractivity contribution in [3.05, 3.63) is 34.6 Å². The molecule has 1 N–H and O–H groups in total. The van der Waals surface area contributed by atoms with Gasteiger partial charge >= 0.3 is 0 Å². The first-order valence-corrected chi connectivity index (χ1v) is 6.22. The summed E-state index contributed by atoms with van der Waals surface area (Å²) in [5, 5.41) is 2.60. The second-order valence-corrected chi connectivity index (χ2v) is 5.43. The summed E-state index contributed by atoms with van der Waals surface area (Å²) in [6, 6.07) is 4.41. The van der Waals surface area contributed by atoms with Gasteiger partial charge in [-0.05, 0) is 25.5 Å². The van der Waals surface area contributed by atoms with Crippen LogP contribution >= 0.6 is 11.6 Å². The van der Waals surface area contributed by atoms with E-state index in [0.29, 0.717) is 5.56 Å². The van der Waals surface area contributed by atoms with Crippen molar-refractivity contribution in [3.63, 3.8) is 0 Å². The molecule has 0 saturated carbocycles. The van der Waals surface area contributed by atoms with Gasteiger partial charge in [-0.3, -0.25) is 9.59 Å². The average Bonchev–Trinajstić information content (AvgIpc) is 2.30. The molecule has 1 heterocycles. The number of hydrogen-bond acceptors (Lipinski definition) is 2. The molecular formula is C13H14ClFN2O2. The molecule has 0 spiro atoms. The van der Waals surface area contributed by atoms with E-state index in [4.69, 9.17) is 11.6 Å². The fourth-order valence-corrected chi connectivity index (χ4v) is 2.27. The van der Waals surface area contributed by atoms with Crippen molar-refractivity contribution in [2.75, 3.05) is 6.54 Å². The molecule has 0 radical (unpaired) electrons. The lowest BCUT2D eigenvalue weighted by Crippen LogP contribution is -2.63. The van der Waals surface area contributed by atoms with Gasteiger partial charge in [0.1, 0.15) is 11.4 Å². The molecule has 1 aliphatic rings. The number of carbonyl (C=O) groups excluding carboxylic acids is 2. The molecule has 1 saturated heterocycles. The number of halogens is 2. The summed E-state index contributed by atoms with van der Waals surface area (Å²) in [5.74, 6) is -0.989. The van der Waals surface area contributed by atoms with Crippen molar-refractivity contribution in [2.24, 2.45) is 0 Å². The number of rotatable bonds is 2. The van der Waals surface area contributed by atoms with Crippen LogP contribution in [0.2, 0.25) is 5.02 Å². The Balaban J connectivity index is 2.25. The SMILES string of the molecule is CC1(C)NC(=O)CN(Cc2cccc(F)c2Cl)C1=O. The zero-order valence-electron chi connectivity index (χ0n) is 10.7. The van der Waals surface area contributed by atoms with Crippen LogP contribution in [-0.2, 0) is 16.1 Å². The van der Waals surface area contributed by atoms with Gasteiger partial charge in [0.2, 0.25) is 11.8 Å². The van der Waals surface area contributed by atoms with Gasteiger partial charge in [0, 0.05) is 6.54 Å². The summed E-state index contributed by atoms with van der Waals surface area (Å²) >= 11 is 5.85. The molecular weight excluding hydrogens is 271 g/mol. The van der Waals surface area contributed by atoms with Crippen LogP contribution in [0.5, 0.6) is 0 Å². The van der Waals surface area contributed by atoms with Crippen LogP contribution in [0, 0.1) is 5.82 Å². The molecule has 19 heavy (non-hydrogen) atoms. The molecule has 2 amide bonds. The second kappa shape index (κ2) is 4.81. The maximum atomic E-state index is 13.3. The highest BCUT2D eigenvalue weighted by molar-refractivity contribution is 6.31. The fraction of sp³-hybridized carbons (Fsp3) is 0.385. The van der Waals surface area contributed by atoms with Crippen LogP contribution in [0.15, 0.2) is 18.2 Å². The first-order valence-electron chi connectivity index (χ1n) is 5.84.